The Morgan fingerprint density at radius 2 is 1.71 bits per heavy atom. The zero-order chi connectivity index (χ0) is 30.7. The van der Waals surface area contributed by atoms with Gasteiger partial charge in [0.15, 0.2) is 6.10 Å². The lowest BCUT2D eigenvalue weighted by Gasteiger charge is -2.31. The number of primary amides is 1. The number of carbonyl (C=O) groups is 2. The molecule has 6 atom stereocenters. The number of methoxy groups -OCH3 is 5. The van der Waals surface area contributed by atoms with Gasteiger partial charge in [0.2, 0.25) is 0 Å². The number of hydrogen-bond acceptors (Lipinski definition) is 8. The van der Waals surface area contributed by atoms with Crippen LogP contribution in [0.15, 0.2) is 47.6 Å². The van der Waals surface area contributed by atoms with Crippen molar-refractivity contribution in [2.45, 2.75) is 65.0 Å². The Balaban J connectivity index is 2.67. The number of nitrogens with one attached hydrogen (secondary N) is 1. The summed E-state index contributed by atoms with van der Waals surface area (Å²) in [6.45, 7) is 7.70. The van der Waals surface area contributed by atoms with Gasteiger partial charge in [-0.25, -0.2) is 4.79 Å². The second kappa shape index (κ2) is 16.2. The van der Waals surface area contributed by atoms with E-state index in [9.17, 15) is 9.59 Å². The van der Waals surface area contributed by atoms with Gasteiger partial charge in [0.1, 0.15) is 17.6 Å². The first-order chi connectivity index (χ1) is 19.5. The molecule has 1 heterocycles. The fourth-order valence-electron chi connectivity index (χ4n) is 5.25. The molecule has 10 nitrogen and oxygen atoms in total. The Labute approximate surface area is 243 Å². The molecule has 10 heteroatoms. The van der Waals surface area contributed by atoms with Crippen molar-refractivity contribution in [2.24, 2.45) is 17.6 Å². The first-order valence-electron chi connectivity index (χ1n) is 13.6. The van der Waals surface area contributed by atoms with E-state index >= 15 is 0 Å². The molecule has 0 aliphatic carbocycles. The van der Waals surface area contributed by atoms with Crippen molar-refractivity contribution in [1.29, 1.82) is 0 Å². The zero-order valence-electron chi connectivity index (χ0n) is 25.7. The Kier molecular flexibility index (Phi) is 13.4. The summed E-state index contributed by atoms with van der Waals surface area (Å²) in [7, 11) is 8.00. The number of benzene rings is 1. The molecule has 0 saturated heterocycles. The van der Waals surface area contributed by atoms with E-state index in [1.807, 2.05) is 26.0 Å². The maximum Gasteiger partial charge on any atom is 0.405 e. The summed E-state index contributed by atoms with van der Waals surface area (Å²) >= 11 is 0. The van der Waals surface area contributed by atoms with Crippen molar-refractivity contribution in [2.75, 3.05) is 40.9 Å². The van der Waals surface area contributed by atoms with Gasteiger partial charge in [-0.3, -0.25) is 4.79 Å². The van der Waals surface area contributed by atoms with Gasteiger partial charge in [-0.05, 0) is 44.2 Å². The predicted molar refractivity (Wildman–Crippen MR) is 158 cm³/mol. The Hall–Kier alpha value is -3.34. The first-order valence-corrected chi connectivity index (χ1v) is 13.6. The van der Waals surface area contributed by atoms with Gasteiger partial charge in [0, 0.05) is 44.5 Å². The summed E-state index contributed by atoms with van der Waals surface area (Å²) < 4.78 is 34.3. The van der Waals surface area contributed by atoms with Gasteiger partial charge in [0.05, 0.1) is 32.1 Å². The van der Waals surface area contributed by atoms with Crippen LogP contribution < -0.4 is 20.5 Å². The average Bonchev–Trinajstić information content (AvgIpc) is 2.93. The van der Waals surface area contributed by atoms with Crippen LogP contribution in [0.1, 0.15) is 39.7 Å². The highest BCUT2D eigenvalue weighted by molar-refractivity contribution is 6.04. The molecule has 0 fully saturated rings. The average molecular weight is 575 g/mol. The quantitative estimate of drug-likeness (QED) is 0.463. The molecule has 0 unspecified atom stereocenters. The van der Waals surface area contributed by atoms with Crippen LogP contribution in [0.4, 0.5) is 10.5 Å². The van der Waals surface area contributed by atoms with Gasteiger partial charge in [0.25, 0.3) is 5.91 Å². The number of anilines is 1. The number of nitrogens with two attached hydrogens (primary N) is 1. The van der Waals surface area contributed by atoms with Gasteiger partial charge in [-0.15, -0.1) is 0 Å². The third-order valence-electron chi connectivity index (χ3n) is 7.28. The molecule has 2 rings (SSSR count). The molecular weight excluding hydrogens is 528 g/mol. The summed E-state index contributed by atoms with van der Waals surface area (Å²) in [5.74, 6) is 0.899. The molecule has 2 amide bonds. The number of carbonyl (C=O) groups excluding carboxylic acids is 2. The van der Waals surface area contributed by atoms with Crippen LogP contribution in [0, 0.1) is 11.8 Å². The van der Waals surface area contributed by atoms with E-state index in [-0.39, 0.29) is 30.0 Å². The van der Waals surface area contributed by atoms with Crippen molar-refractivity contribution >= 4 is 17.7 Å². The predicted octanol–water partition coefficient (Wildman–Crippen LogP) is 4.82. The smallest absolute Gasteiger partial charge is 0.405 e. The minimum atomic E-state index is -0.923. The van der Waals surface area contributed by atoms with Crippen molar-refractivity contribution in [3.63, 3.8) is 0 Å². The summed E-state index contributed by atoms with van der Waals surface area (Å²) in [5.41, 5.74) is 7.99. The lowest BCUT2D eigenvalue weighted by atomic mass is 9.88. The highest BCUT2D eigenvalue weighted by Gasteiger charge is 2.31. The van der Waals surface area contributed by atoms with E-state index in [1.54, 1.807) is 59.7 Å². The second-order valence-corrected chi connectivity index (χ2v) is 10.4. The molecule has 0 saturated carbocycles. The molecule has 0 spiro atoms. The van der Waals surface area contributed by atoms with Crippen LogP contribution in [0.2, 0.25) is 0 Å². The van der Waals surface area contributed by atoms with Crippen molar-refractivity contribution < 1.29 is 38.0 Å². The number of fused-ring (bicyclic) bond motifs is 2. The number of hydrogen-bond donors (Lipinski definition) is 2. The Morgan fingerprint density at radius 3 is 2.27 bits per heavy atom. The van der Waals surface area contributed by atoms with Gasteiger partial charge in [-0.2, -0.15) is 0 Å². The maximum atomic E-state index is 13.1. The molecule has 0 radical (unpaired) electrons. The third-order valence-corrected chi connectivity index (χ3v) is 7.28. The zero-order valence-corrected chi connectivity index (χ0v) is 25.7. The van der Waals surface area contributed by atoms with Crippen molar-refractivity contribution in [3.8, 4) is 11.5 Å². The van der Waals surface area contributed by atoms with E-state index in [0.29, 0.717) is 35.6 Å². The molecule has 1 aromatic carbocycles. The van der Waals surface area contributed by atoms with E-state index in [4.69, 9.17) is 34.2 Å². The van der Waals surface area contributed by atoms with Crippen LogP contribution in [-0.4, -0.2) is 72.0 Å². The number of ether oxygens (including phenoxy) is 6. The van der Waals surface area contributed by atoms with Crippen molar-refractivity contribution in [3.05, 3.63) is 53.1 Å². The maximum absolute atomic E-state index is 13.1. The first kappa shape index (κ1) is 33.9. The van der Waals surface area contributed by atoms with E-state index in [0.717, 1.165) is 11.1 Å². The molecule has 41 heavy (non-hydrogen) atoms. The van der Waals surface area contributed by atoms with Gasteiger partial charge in [-0.1, -0.05) is 38.2 Å². The summed E-state index contributed by atoms with van der Waals surface area (Å²) in [6, 6.07) is 3.66. The minimum Gasteiger partial charge on any atom is -0.497 e. The lowest BCUT2D eigenvalue weighted by Crippen LogP contribution is -2.38. The van der Waals surface area contributed by atoms with Gasteiger partial charge < -0.3 is 39.5 Å². The van der Waals surface area contributed by atoms with Crippen LogP contribution >= 0.6 is 0 Å². The molecule has 3 N–H and O–H groups in total. The fraction of sp³-hybridized carbons (Fsp3) is 0.548. The highest BCUT2D eigenvalue weighted by Crippen LogP contribution is 2.36. The van der Waals surface area contributed by atoms with E-state index in [1.165, 1.54) is 7.11 Å². The van der Waals surface area contributed by atoms with Crippen LogP contribution in [0.25, 0.3) is 0 Å². The van der Waals surface area contributed by atoms with Gasteiger partial charge >= 0.3 is 6.09 Å². The topological polar surface area (TPSA) is 128 Å². The molecular formula is C31H46N2O8. The molecule has 2 bridgehead atoms. The minimum absolute atomic E-state index is 0.110. The fourth-order valence-corrected chi connectivity index (χ4v) is 5.25. The lowest BCUT2D eigenvalue weighted by molar-refractivity contribution is -0.112. The Bertz CT molecular complexity index is 1130. The normalized spacial score (nSPS) is 29.7. The third kappa shape index (κ3) is 9.34. The summed E-state index contributed by atoms with van der Waals surface area (Å²) in [5, 5.41) is 2.95. The number of amides is 2. The number of allylic oxidation sites excluding steroid dienone is 2. The molecule has 0 aromatic heterocycles. The van der Waals surface area contributed by atoms with Crippen LogP contribution in [0.3, 0.4) is 0 Å². The van der Waals surface area contributed by atoms with E-state index < -0.39 is 18.3 Å². The van der Waals surface area contributed by atoms with Crippen LogP contribution in [0.5, 0.6) is 11.5 Å². The largest absolute Gasteiger partial charge is 0.497 e. The van der Waals surface area contributed by atoms with Crippen molar-refractivity contribution in [1.82, 2.24) is 0 Å². The highest BCUT2D eigenvalue weighted by atomic mass is 16.6. The summed E-state index contributed by atoms with van der Waals surface area (Å²) in [6.07, 6.45) is 5.43. The second-order valence-electron chi connectivity index (χ2n) is 10.4. The molecule has 1 aliphatic rings. The summed E-state index contributed by atoms with van der Waals surface area (Å²) in [4.78, 5) is 24.9. The standard InChI is InChI=1S/C31H46N2O8/c1-18-13-22-16-23(36-5)17-24(29(22)40-9)33-30(34)19(2)11-10-12-25(37-6)28(41-31(32)35)21(4)15-20(3)27(39-8)26(14-18)38-7/h10-12,15-18,20,25-28H,13-14H2,1-9H3,(H2,32,35)(H,33,34)/b12-10+,19-11+,21-15+/t18-,20+,25+,26+,27-,28+/m1/s1. The van der Waals surface area contributed by atoms with E-state index in [2.05, 4.69) is 12.2 Å². The monoisotopic (exact) mass is 574 g/mol. The Morgan fingerprint density at radius 1 is 1.00 bits per heavy atom. The molecule has 1 aliphatic heterocycles. The molecule has 228 valence electrons. The van der Waals surface area contributed by atoms with Crippen LogP contribution in [-0.2, 0) is 30.2 Å². The number of rotatable bonds is 6. The SMILES string of the molecule is COc1cc2c(OC)c(c1)NC(=O)/C(C)=C/C=C/[C@H](OC)[C@@H](OC(N)=O)/C(C)=C/[C@H](C)[C@@H](OC)[C@@H](OC)C[C@H](C)C2. The molecule has 1 aromatic rings.